The average Bonchev–Trinajstić information content (AvgIpc) is 3.42. The van der Waals surface area contributed by atoms with E-state index < -0.39 is 25.3 Å². The lowest BCUT2D eigenvalue weighted by molar-refractivity contribution is 0.00654. The van der Waals surface area contributed by atoms with E-state index in [9.17, 15) is 10.1 Å². The number of nitriles is 1. The van der Waals surface area contributed by atoms with E-state index in [1.54, 1.807) is 24.4 Å². The summed E-state index contributed by atoms with van der Waals surface area (Å²) in [6, 6.07) is 8.44. The van der Waals surface area contributed by atoms with Crippen LogP contribution in [0.3, 0.4) is 0 Å². The van der Waals surface area contributed by atoms with Crippen LogP contribution in [-0.2, 0) is 14.2 Å². The van der Waals surface area contributed by atoms with Crippen molar-refractivity contribution >= 4 is 41.5 Å². The zero-order valence-corrected chi connectivity index (χ0v) is 36.8. The standard InChI is InChI=1S/C46H55F2N5O5Si/c1-26(2)59(27(3)4,28(5)6)16-15-34-38(47)14-11-29-17-33(57-25-55-10)18-35(39(29)34)43-41(48)40-36(19-49)42(30-23-56-24-30)51-44(37(40)20-50-43)52-21-31-12-13-32(22-52)53(31)45(54)58-46(7,8)9/h11,14,17-18,20,26-28,30-32H,12-13,21-25H2,1-10H3. The SMILES string of the molecule is COCOc1cc(-c2ncc3c(N4CC5CCC(C4)N5C(=O)OC(C)(C)C)nc(C4COC4)c(C#N)c3c2F)c2c(C#C[Si](C(C)C)(C(C)C)C(C)C)c(F)ccc2c1. The Hall–Kier alpha value is -4.82. The number of pyridine rings is 2. The normalized spacial score (nSPS) is 18.4. The topological polar surface area (TPSA) is 110 Å². The van der Waals surface area contributed by atoms with Gasteiger partial charge in [-0.2, -0.15) is 5.26 Å². The van der Waals surface area contributed by atoms with Gasteiger partial charge < -0.3 is 23.8 Å². The summed E-state index contributed by atoms with van der Waals surface area (Å²) in [7, 11) is -0.809. The number of rotatable bonds is 9. The number of ether oxygens (including phenoxy) is 4. The van der Waals surface area contributed by atoms with E-state index >= 15 is 8.78 Å². The van der Waals surface area contributed by atoms with Crippen LogP contribution in [0.25, 0.3) is 32.8 Å². The van der Waals surface area contributed by atoms with Gasteiger partial charge in [0.25, 0.3) is 0 Å². The van der Waals surface area contributed by atoms with Crippen molar-refractivity contribution in [1.82, 2.24) is 14.9 Å². The highest BCUT2D eigenvalue weighted by molar-refractivity contribution is 6.90. The minimum absolute atomic E-state index is 0.0681. The highest BCUT2D eigenvalue weighted by Crippen LogP contribution is 2.44. The number of benzene rings is 2. The summed E-state index contributed by atoms with van der Waals surface area (Å²) in [6.45, 7) is 20.3. The van der Waals surface area contributed by atoms with Crippen LogP contribution in [0.1, 0.15) is 97.9 Å². The first kappa shape index (κ1) is 42.3. The molecule has 2 aromatic carbocycles. The molecule has 3 fully saturated rings. The molecule has 2 aromatic heterocycles. The van der Waals surface area contributed by atoms with Gasteiger partial charge in [-0.05, 0) is 73.8 Å². The molecule has 2 bridgehead atoms. The van der Waals surface area contributed by atoms with Crippen LogP contribution in [0.2, 0.25) is 16.6 Å². The average molecular weight is 824 g/mol. The molecular weight excluding hydrogens is 769 g/mol. The summed E-state index contributed by atoms with van der Waals surface area (Å²) in [4.78, 5) is 27.1. The second-order valence-electron chi connectivity index (χ2n) is 18.1. The minimum atomic E-state index is -2.32. The van der Waals surface area contributed by atoms with Crippen molar-refractivity contribution in [3.8, 4) is 34.5 Å². The van der Waals surface area contributed by atoms with Crippen LogP contribution in [0.4, 0.5) is 19.4 Å². The summed E-state index contributed by atoms with van der Waals surface area (Å²) in [6.07, 6.45) is 2.80. The van der Waals surface area contributed by atoms with Crippen molar-refractivity contribution in [2.45, 2.75) is 115 Å². The van der Waals surface area contributed by atoms with E-state index in [0.717, 1.165) is 12.8 Å². The van der Waals surface area contributed by atoms with E-state index in [1.165, 1.54) is 13.2 Å². The van der Waals surface area contributed by atoms with E-state index in [1.807, 2.05) is 25.7 Å². The molecular formula is C46H55F2N5O5Si. The zero-order valence-electron chi connectivity index (χ0n) is 35.8. The summed E-state index contributed by atoms with van der Waals surface area (Å²) >= 11 is 0. The number of fused-ring (bicyclic) bond motifs is 4. The maximum atomic E-state index is 17.9. The molecule has 0 aliphatic carbocycles. The second kappa shape index (κ2) is 16.3. The maximum Gasteiger partial charge on any atom is 0.410 e. The number of hydrogen-bond acceptors (Lipinski definition) is 9. The van der Waals surface area contributed by atoms with Gasteiger partial charge in [-0.15, -0.1) is 5.54 Å². The number of anilines is 1. The number of piperazine rings is 1. The van der Waals surface area contributed by atoms with Crippen molar-refractivity contribution in [2.75, 3.05) is 45.1 Å². The van der Waals surface area contributed by atoms with Gasteiger partial charge in [0.15, 0.2) is 12.6 Å². The molecule has 0 radical (unpaired) electrons. The Labute approximate surface area is 347 Å². The molecule has 1 amide bonds. The third kappa shape index (κ3) is 7.62. The molecule has 312 valence electrons. The molecule has 3 aliphatic heterocycles. The lowest BCUT2D eigenvalue weighted by Crippen LogP contribution is -2.57. The van der Waals surface area contributed by atoms with Gasteiger partial charge in [0.1, 0.15) is 42.8 Å². The molecule has 2 atom stereocenters. The number of carbonyl (C=O) groups excluding carboxylic acids is 1. The molecule has 4 aromatic rings. The molecule has 3 aliphatic rings. The van der Waals surface area contributed by atoms with Crippen LogP contribution in [0, 0.1) is 34.4 Å². The molecule has 0 spiro atoms. The third-order valence-electron chi connectivity index (χ3n) is 12.4. The minimum Gasteiger partial charge on any atom is -0.468 e. The van der Waals surface area contributed by atoms with Crippen LogP contribution in [-0.4, -0.2) is 86.9 Å². The Balaban J connectivity index is 1.45. The summed E-state index contributed by atoms with van der Waals surface area (Å²) < 4.78 is 56.6. The summed E-state index contributed by atoms with van der Waals surface area (Å²) in [5.74, 6) is 2.73. The van der Waals surface area contributed by atoms with Gasteiger partial charge in [-0.25, -0.2) is 18.6 Å². The Morgan fingerprint density at radius 1 is 1.00 bits per heavy atom. The lowest BCUT2D eigenvalue weighted by atomic mass is 9.92. The number of methoxy groups -OCH3 is 1. The molecule has 5 heterocycles. The van der Waals surface area contributed by atoms with Crippen LogP contribution in [0.15, 0.2) is 30.5 Å². The van der Waals surface area contributed by atoms with Crippen LogP contribution in [0.5, 0.6) is 5.75 Å². The number of aromatic nitrogens is 2. The van der Waals surface area contributed by atoms with Gasteiger partial charge in [0.2, 0.25) is 0 Å². The van der Waals surface area contributed by atoms with Crippen molar-refractivity contribution in [3.63, 3.8) is 0 Å². The molecule has 0 N–H and O–H groups in total. The molecule has 10 nitrogen and oxygen atoms in total. The Kier molecular flexibility index (Phi) is 11.7. The fourth-order valence-corrected chi connectivity index (χ4v) is 14.9. The van der Waals surface area contributed by atoms with E-state index in [0.29, 0.717) is 76.3 Å². The van der Waals surface area contributed by atoms with Crippen molar-refractivity contribution in [2.24, 2.45) is 0 Å². The second-order valence-corrected chi connectivity index (χ2v) is 23.7. The van der Waals surface area contributed by atoms with E-state index in [4.69, 9.17) is 28.9 Å². The third-order valence-corrected chi connectivity index (χ3v) is 18.7. The first-order valence-electron chi connectivity index (χ1n) is 20.7. The molecule has 59 heavy (non-hydrogen) atoms. The number of nitrogens with zero attached hydrogens (tertiary/aromatic N) is 5. The Bertz CT molecular complexity index is 2360. The monoisotopic (exact) mass is 823 g/mol. The van der Waals surface area contributed by atoms with Crippen LogP contribution < -0.4 is 9.64 Å². The number of carbonyl (C=O) groups is 1. The van der Waals surface area contributed by atoms with Crippen molar-refractivity contribution in [3.05, 3.63) is 58.9 Å². The first-order valence-corrected chi connectivity index (χ1v) is 22.9. The zero-order chi connectivity index (χ0) is 42.6. The summed E-state index contributed by atoms with van der Waals surface area (Å²) in [5, 5.41) is 12.2. The molecule has 0 saturated carbocycles. The quantitative estimate of drug-likeness (QED) is 0.0926. The molecule has 2 unspecified atom stereocenters. The maximum absolute atomic E-state index is 17.9. The van der Waals surface area contributed by atoms with E-state index in [-0.39, 0.29) is 58.7 Å². The first-order chi connectivity index (χ1) is 28.0. The van der Waals surface area contributed by atoms with Gasteiger partial charge >= 0.3 is 6.09 Å². The van der Waals surface area contributed by atoms with Gasteiger partial charge in [-0.1, -0.05) is 53.5 Å². The number of amides is 1. The smallest absolute Gasteiger partial charge is 0.410 e. The Morgan fingerprint density at radius 2 is 1.66 bits per heavy atom. The highest BCUT2D eigenvalue weighted by Gasteiger charge is 2.46. The van der Waals surface area contributed by atoms with Gasteiger partial charge in [-0.3, -0.25) is 9.88 Å². The predicted molar refractivity (Wildman–Crippen MR) is 228 cm³/mol. The lowest BCUT2D eigenvalue weighted by Gasteiger charge is -2.42. The van der Waals surface area contributed by atoms with Gasteiger partial charge in [0.05, 0.1) is 42.1 Å². The summed E-state index contributed by atoms with van der Waals surface area (Å²) in [5.41, 5.74) is 4.88. The van der Waals surface area contributed by atoms with Crippen molar-refractivity contribution < 1.29 is 32.5 Å². The Morgan fingerprint density at radius 3 is 2.22 bits per heavy atom. The molecule has 3 saturated heterocycles. The fourth-order valence-electron chi connectivity index (χ4n) is 9.72. The number of halogens is 2. The van der Waals surface area contributed by atoms with Crippen molar-refractivity contribution in [1.29, 1.82) is 5.26 Å². The highest BCUT2D eigenvalue weighted by atomic mass is 28.3. The van der Waals surface area contributed by atoms with Gasteiger partial charge in [0, 0.05) is 54.0 Å². The fraction of sp³-hybridized carbons (Fsp3) is 0.522. The predicted octanol–water partition coefficient (Wildman–Crippen LogP) is 9.85. The van der Waals surface area contributed by atoms with Crippen LogP contribution >= 0.6 is 0 Å². The number of hydrogen-bond donors (Lipinski definition) is 0. The largest absolute Gasteiger partial charge is 0.468 e. The van der Waals surface area contributed by atoms with E-state index in [2.05, 4.69) is 64.0 Å². The molecule has 13 heteroatoms. The molecule has 7 rings (SSSR count).